The van der Waals surface area contributed by atoms with Crippen molar-refractivity contribution >= 4 is 23.3 Å². The van der Waals surface area contributed by atoms with E-state index in [1.54, 1.807) is 6.92 Å². The molecule has 0 aliphatic rings. The van der Waals surface area contributed by atoms with Crippen LogP contribution < -0.4 is 10.5 Å². The maximum Gasteiger partial charge on any atom is 0.341 e. The van der Waals surface area contributed by atoms with Crippen LogP contribution in [0.5, 0.6) is 5.75 Å². The van der Waals surface area contributed by atoms with Gasteiger partial charge in [0.1, 0.15) is 11.3 Å². The fraction of sp³-hybridized carbons (Fsp3) is 0.300. The molecule has 0 bridgehead atoms. The number of hydrogen-bond acceptors (Lipinski definition) is 4. The predicted octanol–water partition coefficient (Wildman–Crippen LogP) is 2.11. The first-order valence-corrected chi connectivity index (χ1v) is 4.78. The zero-order chi connectivity index (χ0) is 11.4. The number of halogens is 1. The number of carbonyl (C=O) groups is 1. The van der Waals surface area contributed by atoms with E-state index in [0.29, 0.717) is 23.1 Å². The van der Waals surface area contributed by atoms with Crippen molar-refractivity contribution in [3.05, 3.63) is 22.7 Å². The number of esters is 1. The number of ether oxygens (including phenoxy) is 2. The summed E-state index contributed by atoms with van der Waals surface area (Å²) in [4.78, 5) is 11.5. The van der Waals surface area contributed by atoms with Crippen molar-refractivity contribution in [3.63, 3.8) is 0 Å². The van der Waals surface area contributed by atoms with E-state index >= 15 is 0 Å². The molecule has 0 fully saturated rings. The Morgan fingerprint density at radius 1 is 1.53 bits per heavy atom. The van der Waals surface area contributed by atoms with E-state index in [0.717, 1.165) is 0 Å². The first-order valence-electron chi connectivity index (χ1n) is 4.40. The second-order valence-corrected chi connectivity index (χ2v) is 3.20. The third-order valence-corrected chi connectivity index (χ3v) is 2.14. The number of hydrogen-bond donors (Lipinski definition) is 1. The van der Waals surface area contributed by atoms with Crippen LogP contribution in [0, 0.1) is 0 Å². The van der Waals surface area contributed by atoms with Crippen LogP contribution in [0.3, 0.4) is 0 Å². The van der Waals surface area contributed by atoms with Gasteiger partial charge < -0.3 is 15.2 Å². The highest BCUT2D eigenvalue weighted by Crippen LogP contribution is 2.29. The lowest BCUT2D eigenvalue weighted by atomic mass is 10.2. The van der Waals surface area contributed by atoms with E-state index in [1.165, 1.54) is 19.2 Å². The minimum absolute atomic E-state index is 0.279. The highest BCUT2D eigenvalue weighted by Gasteiger charge is 2.15. The number of carbonyl (C=O) groups excluding carboxylic acids is 1. The second kappa shape index (κ2) is 4.89. The molecular weight excluding hydrogens is 218 g/mol. The molecule has 4 nitrogen and oxygen atoms in total. The van der Waals surface area contributed by atoms with E-state index in [1.807, 2.05) is 0 Å². The summed E-state index contributed by atoms with van der Waals surface area (Å²) in [6.45, 7) is 2.02. The lowest BCUT2D eigenvalue weighted by molar-refractivity contribution is 0.0523. The quantitative estimate of drug-likeness (QED) is 0.637. The summed E-state index contributed by atoms with van der Waals surface area (Å²) < 4.78 is 9.86. The highest BCUT2D eigenvalue weighted by atomic mass is 35.5. The fourth-order valence-electron chi connectivity index (χ4n) is 1.11. The minimum Gasteiger partial charge on any atom is -0.496 e. The first-order chi connectivity index (χ1) is 7.10. The number of anilines is 1. The van der Waals surface area contributed by atoms with Crippen LogP contribution in [0.25, 0.3) is 0 Å². The maximum absolute atomic E-state index is 11.5. The summed E-state index contributed by atoms with van der Waals surface area (Å²) in [5.41, 5.74) is 6.18. The maximum atomic E-state index is 11.5. The molecule has 0 aliphatic carbocycles. The molecule has 0 saturated carbocycles. The summed E-state index contributed by atoms with van der Waals surface area (Å²) in [6, 6.07) is 2.93. The molecule has 0 amide bonds. The van der Waals surface area contributed by atoms with Gasteiger partial charge in [-0.2, -0.15) is 0 Å². The van der Waals surface area contributed by atoms with Gasteiger partial charge >= 0.3 is 5.97 Å². The molecule has 1 aromatic carbocycles. The Kier molecular flexibility index (Phi) is 3.80. The lowest BCUT2D eigenvalue weighted by Crippen LogP contribution is -2.07. The van der Waals surface area contributed by atoms with Crippen molar-refractivity contribution in [3.8, 4) is 5.75 Å². The Balaban J connectivity index is 3.15. The van der Waals surface area contributed by atoms with Gasteiger partial charge in [0, 0.05) is 6.07 Å². The molecule has 0 unspecified atom stereocenters. The zero-order valence-electron chi connectivity index (χ0n) is 8.54. The van der Waals surface area contributed by atoms with Gasteiger partial charge in [0.05, 0.1) is 24.4 Å². The van der Waals surface area contributed by atoms with Gasteiger partial charge in [-0.25, -0.2) is 4.79 Å². The third kappa shape index (κ3) is 2.53. The fourth-order valence-corrected chi connectivity index (χ4v) is 1.26. The Bertz CT molecular complexity index is 379. The van der Waals surface area contributed by atoms with Crippen LogP contribution in [-0.4, -0.2) is 19.7 Å². The van der Waals surface area contributed by atoms with Crippen LogP contribution in [0.4, 0.5) is 5.69 Å². The SMILES string of the molecule is CCOC(=O)c1cc(N)c(Cl)cc1OC. The van der Waals surface area contributed by atoms with Crippen LogP contribution in [-0.2, 0) is 4.74 Å². The summed E-state index contributed by atoms with van der Waals surface area (Å²) in [7, 11) is 1.45. The Labute approximate surface area is 92.9 Å². The van der Waals surface area contributed by atoms with Crippen LogP contribution in [0.15, 0.2) is 12.1 Å². The average Bonchev–Trinajstić information content (AvgIpc) is 2.21. The van der Waals surface area contributed by atoms with Gasteiger partial charge in [0.25, 0.3) is 0 Å². The number of rotatable bonds is 3. The highest BCUT2D eigenvalue weighted by molar-refractivity contribution is 6.33. The third-order valence-electron chi connectivity index (χ3n) is 1.81. The van der Waals surface area contributed by atoms with Crippen molar-refractivity contribution in [2.75, 3.05) is 19.5 Å². The van der Waals surface area contributed by atoms with Gasteiger partial charge in [0.2, 0.25) is 0 Å². The zero-order valence-corrected chi connectivity index (χ0v) is 9.30. The Morgan fingerprint density at radius 3 is 2.73 bits per heavy atom. The smallest absolute Gasteiger partial charge is 0.341 e. The first kappa shape index (κ1) is 11.7. The predicted molar refractivity (Wildman–Crippen MR) is 58.4 cm³/mol. The molecule has 0 saturated heterocycles. The standard InChI is InChI=1S/C10H12ClNO3/c1-3-15-10(13)6-4-8(12)7(11)5-9(6)14-2/h4-5H,3,12H2,1-2H3. The van der Waals surface area contributed by atoms with Crippen molar-refractivity contribution in [1.29, 1.82) is 0 Å². The summed E-state index contributed by atoms with van der Waals surface area (Å²) in [5, 5.41) is 0.347. The van der Waals surface area contributed by atoms with E-state index in [-0.39, 0.29) is 5.56 Å². The van der Waals surface area contributed by atoms with Gasteiger partial charge in [-0.15, -0.1) is 0 Å². The molecule has 15 heavy (non-hydrogen) atoms. The summed E-state index contributed by atoms with van der Waals surface area (Å²) in [6.07, 6.45) is 0. The van der Waals surface area contributed by atoms with Crippen LogP contribution >= 0.6 is 11.6 Å². The second-order valence-electron chi connectivity index (χ2n) is 2.79. The minimum atomic E-state index is -0.474. The van der Waals surface area contributed by atoms with E-state index < -0.39 is 5.97 Å². The van der Waals surface area contributed by atoms with E-state index in [2.05, 4.69) is 0 Å². The molecule has 0 atom stereocenters. The number of methoxy groups -OCH3 is 1. The molecule has 82 valence electrons. The molecule has 0 aromatic heterocycles. The molecule has 0 heterocycles. The summed E-state index contributed by atoms with van der Waals surface area (Å²) >= 11 is 5.79. The summed E-state index contributed by atoms with van der Waals surface area (Å²) in [5.74, 6) is -0.120. The van der Waals surface area contributed by atoms with Crippen molar-refractivity contribution in [1.82, 2.24) is 0 Å². The number of benzene rings is 1. The Morgan fingerprint density at radius 2 is 2.20 bits per heavy atom. The van der Waals surface area contributed by atoms with Gasteiger partial charge in [-0.1, -0.05) is 11.6 Å². The number of nitrogen functional groups attached to an aromatic ring is 1. The average molecular weight is 230 g/mol. The molecule has 2 N–H and O–H groups in total. The molecule has 1 aromatic rings. The molecule has 5 heteroatoms. The monoisotopic (exact) mass is 229 g/mol. The number of nitrogens with two attached hydrogens (primary N) is 1. The van der Waals surface area contributed by atoms with Gasteiger partial charge in [0.15, 0.2) is 0 Å². The molecular formula is C10H12ClNO3. The molecule has 1 rings (SSSR count). The molecule has 0 aliphatic heterocycles. The van der Waals surface area contributed by atoms with E-state index in [9.17, 15) is 4.79 Å². The van der Waals surface area contributed by atoms with Crippen molar-refractivity contribution in [2.24, 2.45) is 0 Å². The van der Waals surface area contributed by atoms with Gasteiger partial charge in [-0.05, 0) is 13.0 Å². The largest absolute Gasteiger partial charge is 0.496 e. The molecule has 0 radical (unpaired) electrons. The lowest BCUT2D eigenvalue weighted by Gasteiger charge is -2.09. The van der Waals surface area contributed by atoms with Crippen molar-refractivity contribution in [2.45, 2.75) is 6.92 Å². The Hall–Kier alpha value is -1.42. The van der Waals surface area contributed by atoms with Gasteiger partial charge in [-0.3, -0.25) is 0 Å². The topological polar surface area (TPSA) is 61.5 Å². The van der Waals surface area contributed by atoms with Crippen LogP contribution in [0.1, 0.15) is 17.3 Å². The van der Waals surface area contributed by atoms with E-state index in [4.69, 9.17) is 26.8 Å². The molecule has 0 spiro atoms. The van der Waals surface area contributed by atoms with Crippen LogP contribution in [0.2, 0.25) is 5.02 Å². The normalized spacial score (nSPS) is 9.80. The van der Waals surface area contributed by atoms with Crippen molar-refractivity contribution < 1.29 is 14.3 Å².